The van der Waals surface area contributed by atoms with Crippen LogP contribution in [-0.2, 0) is 0 Å². The van der Waals surface area contributed by atoms with E-state index >= 15 is 0 Å². The molecule has 0 radical (unpaired) electrons. The maximum atomic E-state index is 4.51. The molecule has 0 bridgehead atoms. The second-order valence-corrected chi connectivity index (χ2v) is 4.98. The summed E-state index contributed by atoms with van der Waals surface area (Å²) < 4.78 is 0. The molecule has 0 amide bonds. The van der Waals surface area contributed by atoms with Crippen LogP contribution in [0.15, 0.2) is 70.6 Å². The molecule has 0 aromatic heterocycles. The van der Waals surface area contributed by atoms with Gasteiger partial charge in [0.15, 0.2) is 0 Å². The summed E-state index contributed by atoms with van der Waals surface area (Å²) >= 11 is 9.02. The average Bonchev–Trinajstić information content (AvgIpc) is 2.57. The quantitative estimate of drug-likeness (QED) is 0.531. The molecule has 2 nitrogen and oxygen atoms in total. The number of hydrogen-bond acceptors (Lipinski definition) is 4. The van der Waals surface area contributed by atoms with Gasteiger partial charge in [-0.05, 0) is 49.4 Å². The third kappa shape index (κ3) is 6.66. The van der Waals surface area contributed by atoms with Gasteiger partial charge in [0.25, 0.3) is 0 Å². The summed E-state index contributed by atoms with van der Waals surface area (Å²) in [4.78, 5) is 7.92. The third-order valence-electron chi connectivity index (χ3n) is 3.06. The first-order chi connectivity index (χ1) is 10.7. The zero-order valence-corrected chi connectivity index (χ0v) is 14.3. The average molecular weight is 326 g/mol. The highest BCUT2D eigenvalue weighted by atomic mass is 32.1. The molecular weight excluding hydrogens is 308 g/mol. The van der Waals surface area contributed by atoms with Crippen molar-refractivity contribution in [3.63, 3.8) is 0 Å². The minimum atomic E-state index is 0.133. The molecule has 2 atom stereocenters. The summed E-state index contributed by atoms with van der Waals surface area (Å²) in [7, 11) is 0. The molecule has 112 valence electrons. The van der Waals surface area contributed by atoms with E-state index in [2.05, 4.69) is 44.7 Å². The predicted octanol–water partition coefficient (Wildman–Crippen LogP) is 5.70. The normalized spacial score (nSPS) is 11.7. The smallest absolute Gasteiger partial charge is 0.0824 e. The molecule has 0 N–H and O–H groups in total. The summed E-state index contributed by atoms with van der Waals surface area (Å²) in [6.07, 6.45) is 0. The number of hydrogen-bond donors (Lipinski definition) is 0. The first-order valence-electron chi connectivity index (χ1n) is 6.93. The van der Waals surface area contributed by atoms with Crippen LogP contribution in [0.5, 0.6) is 0 Å². The maximum Gasteiger partial charge on any atom is 0.0824 e. The number of aliphatic imine (C=N–C) groups is 2. The zero-order chi connectivity index (χ0) is 16.2. The molecule has 0 saturated heterocycles. The highest BCUT2D eigenvalue weighted by Crippen LogP contribution is 2.15. The number of benzene rings is 2. The first-order valence-corrected chi connectivity index (χ1v) is 7.74. The van der Waals surface area contributed by atoms with Crippen LogP contribution in [0.25, 0.3) is 0 Å². The molecular formula is C18H18N2S2. The van der Waals surface area contributed by atoms with E-state index in [0.29, 0.717) is 0 Å². The number of nitrogens with zero attached hydrogens (tertiary/aromatic N) is 2. The van der Waals surface area contributed by atoms with Crippen LogP contribution in [0, 0.1) is 0 Å². The number of isothiocyanates is 2. The minimum Gasteiger partial charge on any atom is -0.225 e. The lowest BCUT2D eigenvalue weighted by molar-refractivity contribution is 0.828. The Labute approximate surface area is 142 Å². The molecule has 0 aliphatic heterocycles. The second-order valence-electron chi connectivity index (χ2n) is 4.61. The van der Waals surface area contributed by atoms with Crippen LogP contribution in [-0.4, -0.2) is 10.3 Å². The van der Waals surface area contributed by atoms with Crippen molar-refractivity contribution in [2.24, 2.45) is 9.98 Å². The van der Waals surface area contributed by atoms with Crippen LogP contribution in [0.1, 0.15) is 37.1 Å². The summed E-state index contributed by atoms with van der Waals surface area (Å²) in [6.45, 7) is 3.99. The Morgan fingerprint density at radius 3 is 1.27 bits per heavy atom. The van der Waals surface area contributed by atoms with Crippen LogP contribution < -0.4 is 0 Å². The van der Waals surface area contributed by atoms with Gasteiger partial charge in [-0.2, -0.15) is 0 Å². The highest BCUT2D eigenvalue weighted by molar-refractivity contribution is 7.78. The fraction of sp³-hybridized carbons (Fsp3) is 0.222. The molecule has 0 aliphatic carbocycles. The van der Waals surface area contributed by atoms with Gasteiger partial charge in [0.1, 0.15) is 0 Å². The molecule has 0 saturated carbocycles. The Hall–Kier alpha value is -1.96. The highest BCUT2D eigenvalue weighted by Gasteiger charge is 1.99. The van der Waals surface area contributed by atoms with Gasteiger partial charge in [0.05, 0.1) is 22.4 Å². The van der Waals surface area contributed by atoms with E-state index in [1.165, 1.54) is 11.1 Å². The molecule has 2 aromatic carbocycles. The molecule has 2 aromatic rings. The maximum absolute atomic E-state index is 4.51. The summed E-state index contributed by atoms with van der Waals surface area (Å²) in [5.74, 6) is 0. The zero-order valence-electron chi connectivity index (χ0n) is 12.6. The lowest BCUT2D eigenvalue weighted by atomic mass is 10.1. The molecule has 2 rings (SSSR count). The van der Waals surface area contributed by atoms with Gasteiger partial charge in [0.2, 0.25) is 0 Å². The van der Waals surface area contributed by atoms with Crippen LogP contribution in [0.3, 0.4) is 0 Å². The first kappa shape index (κ1) is 18.1. The third-order valence-corrected chi connectivity index (χ3v) is 3.27. The van der Waals surface area contributed by atoms with E-state index in [4.69, 9.17) is 0 Å². The second kappa shape index (κ2) is 10.7. The van der Waals surface area contributed by atoms with E-state index < -0.39 is 0 Å². The van der Waals surface area contributed by atoms with Gasteiger partial charge >= 0.3 is 0 Å². The van der Waals surface area contributed by atoms with E-state index in [-0.39, 0.29) is 12.1 Å². The fourth-order valence-electron chi connectivity index (χ4n) is 1.77. The van der Waals surface area contributed by atoms with Crippen LogP contribution in [0.2, 0.25) is 0 Å². The van der Waals surface area contributed by atoms with E-state index in [0.717, 1.165) is 0 Å². The van der Waals surface area contributed by atoms with E-state index in [1.54, 1.807) is 0 Å². The van der Waals surface area contributed by atoms with Gasteiger partial charge in [-0.3, -0.25) is 0 Å². The van der Waals surface area contributed by atoms with E-state index in [1.807, 2.05) is 74.5 Å². The van der Waals surface area contributed by atoms with Crippen molar-refractivity contribution < 1.29 is 0 Å². The predicted molar refractivity (Wildman–Crippen MR) is 99.8 cm³/mol. The Morgan fingerprint density at radius 1 is 0.682 bits per heavy atom. The Morgan fingerprint density at radius 2 is 1.00 bits per heavy atom. The van der Waals surface area contributed by atoms with Crippen molar-refractivity contribution in [1.82, 2.24) is 0 Å². The van der Waals surface area contributed by atoms with Crippen molar-refractivity contribution >= 4 is 34.8 Å². The van der Waals surface area contributed by atoms with Crippen molar-refractivity contribution in [3.05, 3.63) is 71.8 Å². The SMILES string of the molecule is CC(N=C=S)c1ccccc1.CC(N=C=S)c1ccccc1. The van der Waals surface area contributed by atoms with Crippen molar-refractivity contribution in [2.45, 2.75) is 25.9 Å². The summed E-state index contributed by atoms with van der Waals surface area (Å²) in [6, 6.07) is 20.3. The van der Waals surface area contributed by atoms with Crippen molar-refractivity contribution in [3.8, 4) is 0 Å². The van der Waals surface area contributed by atoms with E-state index in [9.17, 15) is 0 Å². The standard InChI is InChI=1S/2C9H9NS/c2*1-8(10-7-11)9-5-3-2-4-6-9/h2*2-6,8H,1H3. The molecule has 4 heteroatoms. The van der Waals surface area contributed by atoms with Crippen molar-refractivity contribution in [2.75, 3.05) is 0 Å². The summed E-state index contributed by atoms with van der Waals surface area (Å²) in [5, 5.41) is 4.75. The topological polar surface area (TPSA) is 24.7 Å². The monoisotopic (exact) mass is 326 g/mol. The van der Waals surface area contributed by atoms with Crippen LogP contribution >= 0.6 is 24.4 Å². The molecule has 0 spiro atoms. The largest absolute Gasteiger partial charge is 0.225 e. The van der Waals surface area contributed by atoms with Crippen molar-refractivity contribution in [1.29, 1.82) is 0 Å². The minimum absolute atomic E-state index is 0.133. The van der Waals surface area contributed by atoms with Gasteiger partial charge in [0, 0.05) is 0 Å². The van der Waals surface area contributed by atoms with Gasteiger partial charge in [-0.15, -0.1) is 0 Å². The fourth-order valence-corrected chi connectivity index (χ4v) is 2.09. The molecule has 22 heavy (non-hydrogen) atoms. The molecule has 0 aliphatic rings. The molecule has 2 unspecified atom stereocenters. The Balaban J connectivity index is 0.000000220. The van der Waals surface area contributed by atoms with Gasteiger partial charge < -0.3 is 0 Å². The lowest BCUT2D eigenvalue weighted by Crippen LogP contribution is -1.86. The lowest BCUT2D eigenvalue weighted by Gasteiger charge is -2.02. The van der Waals surface area contributed by atoms with Crippen LogP contribution in [0.4, 0.5) is 0 Å². The number of rotatable bonds is 4. The number of thiocarbonyl (C=S) groups is 2. The summed E-state index contributed by atoms with van der Waals surface area (Å²) in [5.41, 5.74) is 2.34. The Kier molecular flexibility index (Phi) is 8.82. The Bertz CT molecular complexity index is 584. The van der Waals surface area contributed by atoms with Gasteiger partial charge in [-0.1, -0.05) is 60.7 Å². The van der Waals surface area contributed by atoms with Gasteiger partial charge in [-0.25, -0.2) is 9.98 Å². The molecule has 0 fully saturated rings. The molecule has 0 heterocycles.